The lowest BCUT2D eigenvalue weighted by Gasteiger charge is -2.39. The Labute approximate surface area is 348 Å². The first-order valence-electron chi connectivity index (χ1n) is 21.2. The van der Waals surface area contributed by atoms with E-state index in [1.165, 1.54) is 0 Å². The zero-order chi connectivity index (χ0) is 42.3. The van der Waals surface area contributed by atoms with Crippen molar-refractivity contribution in [1.82, 2.24) is 0 Å². The van der Waals surface area contributed by atoms with E-state index in [0.29, 0.717) is 19.3 Å². The smallest absolute Gasteiger partial charge is 0.306 e. The number of aliphatic hydroxyl groups is 4. The minimum atomic E-state index is -1.62. The highest BCUT2D eigenvalue weighted by Gasteiger charge is 2.44. The Morgan fingerprint density at radius 3 is 1.67 bits per heavy atom. The van der Waals surface area contributed by atoms with Crippen molar-refractivity contribution in [3.8, 4) is 0 Å². The van der Waals surface area contributed by atoms with Crippen molar-refractivity contribution in [3.63, 3.8) is 0 Å². The van der Waals surface area contributed by atoms with Crippen LogP contribution in [0.3, 0.4) is 0 Å². The molecule has 1 aliphatic rings. The first kappa shape index (κ1) is 52.1. The van der Waals surface area contributed by atoms with Gasteiger partial charge in [-0.3, -0.25) is 9.59 Å². The van der Waals surface area contributed by atoms with Gasteiger partial charge in [-0.2, -0.15) is 0 Å². The Bertz CT molecular complexity index is 1350. The van der Waals surface area contributed by atoms with Crippen LogP contribution in [0.25, 0.3) is 0 Å². The van der Waals surface area contributed by atoms with Gasteiger partial charge in [0.15, 0.2) is 12.4 Å². The van der Waals surface area contributed by atoms with Crippen molar-refractivity contribution >= 4 is 11.9 Å². The summed E-state index contributed by atoms with van der Waals surface area (Å²) in [5.74, 6) is -0.939. The summed E-state index contributed by atoms with van der Waals surface area (Å²) in [6, 6.07) is 0. The van der Waals surface area contributed by atoms with Crippen molar-refractivity contribution in [2.45, 2.75) is 147 Å². The highest BCUT2D eigenvalue weighted by Crippen LogP contribution is 2.22. The number of unbranched alkanes of at least 4 members (excludes halogenated alkanes) is 5. The van der Waals surface area contributed by atoms with Crippen molar-refractivity contribution < 1.29 is 49.0 Å². The van der Waals surface area contributed by atoms with Crippen molar-refractivity contribution in [2.24, 2.45) is 0 Å². The van der Waals surface area contributed by atoms with Gasteiger partial charge in [0, 0.05) is 12.8 Å². The second kappa shape index (κ2) is 37.4. The number of allylic oxidation sites excluding steroid dienone is 20. The first-order chi connectivity index (χ1) is 28.3. The van der Waals surface area contributed by atoms with Gasteiger partial charge in [-0.25, -0.2) is 0 Å². The lowest BCUT2D eigenvalue weighted by atomic mass is 9.99. The molecule has 58 heavy (non-hydrogen) atoms. The molecule has 1 saturated heterocycles. The summed E-state index contributed by atoms with van der Waals surface area (Å²) in [7, 11) is 0. The number of esters is 2. The highest BCUT2D eigenvalue weighted by molar-refractivity contribution is 5.70. The summed E-state index contributed by atoms with van der Waals surface area (Å²) in [6.45, 7) is 3.02. The van der Waals surface area contributed by atoms with Gasteiger partial charge in [-0.05, 0) is 70.6 Å². The Kier molecular flexibility index (Phi) is 33.6. The van der Waals surface area contributed by atoms with Crippen molar-refractivity contribution in [1.29, 1.82) is 0 Å². The van der Waals surface area contributed by atoms with E-state index in [0.717, 1.165) is 64.2 Å². The van der Waals surface area contributed by atoms with Crippen molar-refractivity contribution in [2.75, 3.05) is 19.8 Å². The number of carbonyl (C=O) groups excluding carboxylic acids is 2. The third-order valence-corrected chi connectivity index (χ3v) is 8.72. The molecule has 0 aromatic heterocycles. The number of ether oxygens (including phenoxy) is 4. The van der Waals surface area contributed by atoms with Gasteiger partial charge in [0.1, 0.15) is 31.0 Å². The lowest BCUT2D eigenvalue weighted by molar-refractivity contribution is -0.305. The molecule has 1 fully saturated rings. The van der Waals surface area contributed by atoms with Gasteiger partial charge >= 0.3 is 11.9 Å². The Morgan fingerprint density at radius 1 is 0.552 bits per heavy atom. The van der Waals surface area contributed by atoms with E-state index >= 15 is 0 Å². The molecule has 0 aromatic rings. The molecule has 3 unspecified atom stereocenters. The molecule has 4 N–H and O–H groups in total. The normalized spacial score (nSPS) is 21.4. The molecule has 324 valence electrons. The topological polar surface area (TPSA) is 152 Å². The maximum Gasteiger partial charge on any atom is 0.306 e. The van der Waals surface area contributed by atoms with E-state index in [-0.39, 0.29) is 26.1 Å². The summed E-state index contributed by atoms with van der Waals surface area (Å²) in [6.07, 6.45) is 45.0. The number of hydrogen-bond acceptors (Lipinski definition) is 10. The molecule has 1 heterocycles. The number of carbonyl (C=O) groups is 2. The van der Waals surface area contributed by atoms with Crippen molar-refractivity contribution in [3.05, 3.63) is 122 Å². The third-order valence-electron chi connectivity index (χ3n) is 8.72. The van der Waals surface area contributed by atoms with Crippen LogP contribution in [-0.4, -0.2) is 89.0 Å². The van der Waals surface area contributed by atoms with Crippen LogP contribution in [0.2, 0.25) is 0 Å². The fraction of sp³-hybridized carbons (Fsp3) is 0.542. The molecule has 0 aromatic carbocycles. The average molecular weight is 809 g/mol. The minimum Gasteiger partial charge on any atom is -0.462 e. The Hall–Kier alpha value is -3.90. The number of rotatable bonds is 32. The Balaban J connectivity index is 2.42. The molecule has 10 nitrogen and oxygen atoms in total. The summed E-state index contributed by atoms with van der Waals surface area (Å²) >= 11 is 0. The summed E-state index contributed by atoms with van der Waals surface area (Å²) in [4.78, 5) is 25.2. The van der Waals surface area contributed by atoms with Crippen LogP contribution in [0.4, 0.5) is 0 Å². The van der Waals surface area contributed by atoms with Gasteiger partial charge in [0.05, 0.1) is 13.2 Å². The molecule has 0 saturated carbocycles. The van der Waals surface area contributed by atoms with Crippen LogP contribution in [-0.2, 0) is 28.5 Å². The van der Waals surface area contributed by atoms with Gasteiger partial charge < -0.3 is 39.4 Å². The number of aliphatic hydroxyl groups excluding tert-OH is 4. The lowest BCUT2D eigenvalue weighted by Crippen LogP contribution is -2.59. The highest BCUT2D eigenvalue weighted by atomic mass is 16.7. The molecule has 0 spiro atoms. The monoisotopic (exact) mass is 809 g/mol. The molecule has 1 rings (SSSR count). The average Bonchev–Trinajstić information content (AvgIpc) is 3.22. The van der Waals surface area contributed by atoms with Crippen LogP contribution in [0.5, 0.6) is 0 Å². The van der Waals surface area contributed by atoms with E-state index in [9.17, 15) is 30.0 Å². The van der Waals surface area contributed by atoms with E-state index < -0.39 is 55.4 Å². The fourth-order valence-electron chi connectivity index (χ4n) is 5.42. The molecular weight excluding hydrogens is 737 g/mol. The molecule has 0 bridgehead atoms. The van der Waals surface area contributed by atoms with Crippen LogP contribution in [0.1, 0.15) is 110 Å². The SMILES string of the molecule is CC/C=C/C=C/C=C/C=C/C=C/CCCC(=O)OC(COC(=O)CCCCCC/C=C/C/C=C/C/C=C/C/C=C/C/C=C/CC)CO[C@H]1O[C@@H](CO)[C@@H](O)C(O)C1O. The maximum absolute atomic E-state index is 12.7. The van der Waals surface area contributed by atoms with Crippen LogP contribution >= 0.6 is 0 Å². The molecule has 6 atom stereocenters. The molecular formula is C48H72O10. The predicted molar refractivity (Wildman–Crippen MR) is 233 cm³/mol. The first-order valence-corrected chi connectivity index (χ1v) is 21.2. The van der Waals surface area contributed by atoms with E-state index in [1.807, 2.05) is 54.7 Å². The summed E-state index contributed by atoms with van der Waals surface area (Å²) in [5.41, 5.74) is 0. The zero-order valence-corrected chi connectivity index (χ0v) is 35.0. The molecule has 10 heteroatoms. The fourth-order valence-corrected chi connectivity index (χ4v) is 5.42. The maximum atomic E-state index is 12.7. The van der Waals surface area contributed by atoms with Crippen LogP contribution < -0.4 is 0 Å². The largest absolute Gasteiger partial charge is 0.462 e. The number of hydrogen-bond donors (Lipinski definition) is 4. The predicted octanol–water partition coefficient (Wildman–Crippen LogP) is 8.71. The molecule has 0 amide bonds. The molecule has 1 aliphatic heterocycles. The van der Waals surface area contributed by atoms with Gasteiger partial charge in [0.2, 0.25) is 0 Å². The van der Waals surface area contributed by atoms with E-state index in [1.54, 1.807) is 0 Å². The van der Waals surface area contributed by atoms with E-state index in [2.05, 4.69) is 80.7 Å². The van der Waals surface area contributed by atoms with Gasteiger partial charge in [-0.15, -0.1) is 0 Å². The van der Waals surface area contributed by atoms with Gasteiger partial charge in [-0.1, -0.05) is 148 Å². The summed E-state index contributed by atoms with van der Waals surface area (Å²) < 4.78 is 22.0. The zero-order valence-electron chi connectivity index (χ0n) is 35.0. The van der Waals surface area contributed by atoms with Crippen LogP contribution in [0.15, 0.2) is 122 Å². The summed E-state index contributed by atoms with van der Waals surface area (Å²) in [5, 5.41) is 40.0. The standard InChI is InChI=1S/C48H72O10/c1-3-5-7-9-11-13-15-17-18-19-20-21-22-23-25-26-28-30-32-34-36-43(50)55-39-41(40-56-48-47(54)46(53)45(52)42(38-49)58-48)57-44(51)37-35-33-31-29-27-24-16-14-12-10-8-6-4-2/h5-8,10-14,16-18,20-21,23-25,27,29,31,41-42,45-49,52-54H,3-4,9,15,19,22,26,28,30,32-40H2,1-2H3/b7-5+,8-6+,12-10+,13-11+,16-14+,18-17+,21-20+,25-23+,27-24+,31-29+/t41?,42-,45+,46?,47?,48-/m0/s1. The minimum absolute atomic E-state index is 0.119. The van der Waals surface area contributed by atoms with Crippen LogP contribution in [0, 0.1) is 0 Å². The Morgan fingerprint density at radius 2 is 1.07 bits per heavy atom. The quantitative estimate of drug-likeness (QED) is 0.0225. The molecule has 0 radical (unpaired) electrons. The van der Waals surface area contributed by atoms with Gasteiger partial charge in [0.25, 0.3) is 0 Å². The second-order valence-corrected chi connectivity index (χ2v) is 13.8. The third kappa shape index (κ3) is 28.5. The second-order valence-electron chi connectivity index (χ2n) is 13.8. The molecule has 0 aliphatic carbocycles. The van der Waals surface area contributed by atoms with E-state index in [4.69, 9.17) is 18.9 Å².